The summed E-state index contributed by atoms with van der Waals surface area (Å²) in [6.07, 6.45) is 0. The first-order chi connectivity index (χ1) is 14.1. The van der Waals surface area contributed by atoms with Gasteiger partial charge in [0, 0.05) is 28.6 Å². The Bertz CT molecular complexity index is 1170. The molecule has 0 aliphatic rings. The van der Waals surface area contributed by atoms with E-state index in [2.05, 4.69) is 10.3 Å². The Labute approximate surface area is 170 Å². The summed E-state index contributed by atoms with van der Waals surface area (Å²) in [7, 11) is 0. The quantitative estimate of drug-likeness (QED) is 0.346. The van der Waals surface area contributed by atoms with E-state index >= 15 is 0 Å². The van der Waals surface area contributed by atoms with Gasteiger partial charge in [0.1, 0.15) is 0 Å². The van der Waals surface area contributed by atoms with Crippen LogP contribution in [0.5, 0.6) is 0 Å². The fourth-order valence-corrected chi connectivity index (χ4v) is 3.57. The van der Waals surface area contributed by atoms with Gasteiger partial charge in [0.25, 0.3) is 11.6 Å². The molecule has 0 spiro atoms. The van der Waals surface area contributed by atoms with Crippen LogP contribution in [-0.2, 0) is 0 Å². The highest BCUT2D eigenvalue weighted by molar-refractivity contribution is 7.14. The van der Waals surface area contributed by atoms with Gasteiger partial charge in [-0.3, -0.25) is 20.2 Å². The summed E-state index contributed by atoms with van der Waals surface area (Å²) in [5.41, 5.74) is 3.85. The molecule has 0 aliphatic heterocycles. The molecule has 0 radical (unpaired) electrons. The van der Waals surface area contributed by atoms with Crippen molar-refractivity contribution in [3.05, 3.63) is 99.9 Å². The fraction of sp³-hybridized carbons (Fsp3) is 0. The molecule has 0 bridgehead atoms. The Hall–Kier alpha value is -3.84. The number of carbonyl (C=O) groups is 1. The second-order valence-corrected chi connectivity index (χ2v) is 7.10. The lowest BCUT2D eigenvalue weighted by molar-refractivity contribution is -0.384. The molecule has 6 nitrogen and oxygen atoms in total. The van der Waals surface area contributed by atoms with Gasteiger partial charge in [0.2, 0.25) is 0 Å². The molecular formula is C22H15N3O3S. The summed E-state index contributed by atoms with van der Waals surface area (Å²) in [5, 5.41) is 15.9. The van der Waals surface area contributed by atoms with Crippen LogP contribution in [0.1, 0.15) is 10.4 Å². The second kappa shape index (κ2) is 8.04. The molecule has 1 heterocycles. The van der Waals surface area contributed by atoms with E-state index in [0.29, 0.717) is 22.0 Å². The standard InChI is InChI=1S/C22H15N3O3S/c26-21(17-11-9-16(10-12-17)15-5-2-1-3-6-15)24-22-23-20(14-29-22)18-7-4-8-19(13-18)25(27)28/h1-14H,(H,23,24,26). The predicted molar refractivity (Wildman–Crippen MR) is 114 cm³/mol. The number of rotatable bonds is 5. The van der Waals surface area contributed by atoms with Gasteiger partial charge in [0.15, 0.2) is 5.13 Å². The summed E-state index contributed by atoms with van der Waals surface area (Å²) in [6.45, 7) is 0. The van der Waals surface area contributed by atoms with Gasteiger partial charge >= 0.3 is 0 Å². The number of aromatic nitrogens is 1. The number of hydrogen-bond acceptors (Lipinski definition) is 5. The highest BCUT2D eigenvalue weighted by Gasteiger charge is 2.12. The summed E-state index contributed by atoms with van der Waals surface area (Å²) in [5.74, 6) is -0.260. The molecule has 142 valence electrons. The Kier molecular flexibility index (Phi) is 5.13. The highest BCUT2D eigenvalue weighted by Crippen LogP contribution is 2.28. The maximum absolute atomic E-state index is 12.5. The van der Waals surface area contributed by atoms with Crippen LogP contribution in [0.3, 0.4) is 0 Å². The van der Waals surface area contributed by atoms with Gasteiger partial charge in [-0.15, -0.1) is 11.3 Å². The molecule has 1 N–H and O–H groups in total. The summed E-state index contributed by atoms with van der Waals surface area (Å²) < 4.78 is 0. The lowest BCUT2D eigenvalue weighted by atomic mass is 10.0. The van der Waals surface area contributed by atoms with Crippen molar-refractivity contribution in [3.63, 3.8) is 0 Å². The van der Waals surface area contributed by atoms with Gasteiger partial charge in [0.05, 0.1) is 10.6 Å². The van der Waals surface area contributed by atoms with Gasteiger partial charge in [-0.25, -0.2) is 4.98 Å². The van der Waals surface area contributed by atoms with Crippen LogP contribution in [0.4, 0.5) is 10.8 Å². The Morgan fingerprint density at radius 2 is 1.59 bits per heavy atom. The van der Waals surface area contributed by atoms with Gasteiger partial charge in [-0.2, -0.15) is 0 Å². The van der Waals surface area contributed by atoms with Crippen molar-refractivity contribution in [1.82, 2.24) is 4.98 Å². The first kappa shape index (κ1) is 18.5. The van der Waals surface area contributed by atoms with Crippen molar-refractivity contribution in [1.29, 1.82) is 0 Å². The number of thiazole rings is 1. The number of carbonyl (C=O) groups excluding carboxylic acids is 1. The summed E-state index contributed by atoms with van der Waals surface area (Å²) in [6, 6.07) is 23.5. The van der Waals surface area contributed by atoms with E-state index in [0.717, 1.165) is 11.1 Å². The van der Waals surface area contributed by atoms with Crippen LogP contribution >= 0.6 is 11.3 Å². The Balaban J connectivity index is 1.48. The fourth-order valence-electron chi connectivity index (χ4n) is 2.86. The molecule has 4 aromatic rings. The average molecular weight is 401 g/mol. The molecule has 4 rings (SSSR count). The Morgan fingerprint density at radius 3 is 2.31 bits per heavy atom. The zero-order valence-electron chi connectivity index (χ0n) is 15.1. The maximum Gasteiger partial charge on any atom is 0.270 e. The number of nitrogens with zero attached hydrogens (tertiary/aromatic N) is 2. The molecule has 29 heavy (non-hydrogen) atoms. The molecule has 7 heteroatoms. The zero-order chi connectivity index (χ0) is 20.2. The third kappa shape index (κ3) is 4.20. The first-order valence-electron chi connectivity index (χ1n) is 8.77. The van der Waals surface area contributed by atoms with Gasteiger partial charge in [-0.1, -0.05) is 54.6 Å². The van der Waals surface area contributed by atoms with E-state index < -0.39 is 4.92 Å². The molecule has 1 aromatic heterocycles. The second-order valence-electron chi connectivity index (χ2n) is 6.24. The normalized spacial score (nSPS) is 10.5. The zero-order valence-corrected chi connectivity index (χ0v) is 15.9. The average Bonchev–Trinajstić information content (AvgIpc) is 3.23. The van der Waals surface area contributed by atoms with E-state index in [4.69, 9.17) is 0 Å². The number of anilines is 1. The number of nitro groups is 1. The number of non-ortho nitro benzene ring substituents is 1. The van der Waals surface area contributed by atoms with Crippen LogP contribution in [-0.4, -0.2) is 15.8 Å². The third-order valence-corrected chi connectivity index (χ3v) is 5.09. The van der Waals surface area contributed by atoms with Crippen LogP contribution < -0.4 is 5.32 Å². The largest absolute Gasteiger partial charge is 0.298 e. The number of amides is 1. The minimum atomic E-state index is -0.447. The summed E-state index contributed by atoms with van der Waals surface area (Å²) >= 11 is 1.27. The van der Waals surface area contributed by atoms with Crippen molar-refractivity contribution >= 4 is 28.1 Å². The van der Waals surface area contributed by atoms with Gasteiger partial charge < -0.3 is 0 Å². The SMILES string of the molecule is O=C(Nc1nc(-c2cccc([N+](=O)[O-])c2)cs1)c1ccc(-c2ccccc2)cc1. The van der Waals surface area contributed by atoms with E-state index in [1.165, 1.54) is 23.5 Å². The third-order valence-electron chi connectivity index (χ3n) is 4.33. The molecular weight excluding hydrogens is 386 g/mol. The van der Waals surface area contributed by atoms with Gasteiger partial charge in [-0.05, 0) is 23.3 Å². The topological polar surface area (TPSA) is 85.1 Å². The lowest BCUT2D eigenvalue weighted by Gasteiger charge is -2.04. The summed E-state index contributed by atoms with van der Waals surface area (Å²) in [4.78, 5) is 27.4. The van der Waals surface area contributed by atoms with Crippen molar-refractivity contribution in [2.24, 2.45) is 0 Å². The molecule has 1 amide bonds. The monoisotopic (exact) mass is 401 g/mol. The number of nitro benzene ring substituents is 1. The van der Waals surface area contributed by atoms with Crippen molar-refractivity contribution in [2.45, 2.75) is 0 Å². The van der Waals surface area contributed by atoms with E-state index in [1.54, 1.807) is 29.6 Å². The molecule has 0 saturated heterocycles. The van der Waals surface area contributed by atoms with Crippen LogP contribution in [0.15, 0.2) is 84.2 Å². The van der Waals surface area contributed by atoms with Crippen LogP contribution in [0.2, 0.25) is 0 Å². The lowest BCUT2D eigenvalue weighted by Crippen LogP contribution is -2.11. The number of hydrogen-bond donors (Lipinski definition) is 1. The van der Waals surface area contributed by atoms with Crippen molar-refractivity contribution < 1.29 is 9.72 Å². The molecule has 3 aromatic carbocycles. The first-order valence-corrected chi connectivity index (χ1v) is 9.65. The minimum absolute atomic E-state index is 0.000378. The van der Waals surface area contributed by atoms with E-state index in [9.17, 15) is 14.9 Å². The molecule has 0 unspecified atom stereocenters. The van der Waals surface area contributed by atoms with Crippen molar-refractivity contribution in [3.8, 4) is 22.4 Å². The van der Waals surface area contributed by atoms with E-state index in [1.807, 2.05) is 42.5 Å². The highest BCUT2D eigenvalue weighted by atomic mass is 32.1. The smallest absolute Gasteiger partial charge is 0.270 e. The van der Waals surface area contributed by atoms with Crippen molar-refractivity contribution in [2.75, 3.05) is 5.32 Å². The van der Waals surface area contributed by atoms with Crippen LogP contribution in [0, 0.1) is 10.1 Å². The molecule has 0 fully saturated rings. The molecule has 0 saturated carbocycles. The minimum Gasteiger partial charge on any atom is -0.298 e. The Morgan fingerprint density at radius 1 is 0.897 bits per heavy atom. The number of nitrogens with one attached hydrogen (secondary N) is 1. The predicted octanol–water partition coefficient (Wildman–Crippen LogP) is 5.64. The maximum atomic E-state index is 12.5. The molecule has 0 atom stereocenters. The molecule has 0 aliphatic carbocycles. The van der Waals surface area contributed by atoms with E-state index in [-0.39, 0.29) is 11.6 Å². The van der Waals surface area contributed by atoms with Crippen LogP contribution in [0.25, 0.3) is 22.4 Å². The number of benzene rings is 3.